The number of rotatable bonds is 11. The molecule has 0 saturated heterocycles. The number of carbonyl (C=O) groups excluding carboxylic acids is 1. The summed E-state index contributed by atoms with van der Waals surface area (Å²) in [6.45, 7) is 3.60. The Kier molecular flexibility index (Phi) is 7.95. The van der Waals surface area contributed by atoms with Crippen LogP contribution in [0.1, 0.15) is 28.2 Å². The molecule has 1 amide bonds. The second-order valence-electron chi connectivity index (χ2n) is 8.28. The highest BCUT2D eigenvalue weighted by Crippen LogP contribution is 2.38. The van der Waals surface area contributed by atoms with Crippen LogP contribution in [0.3, 0.4) is 0 Å². The van der Waals surface area contributed by atoms with Crippen molar-refractivity contribution in [3.63, 3.8) is 0 Å². The van der Waals surface area contributed by atoms with E-state index in [-0.39, 0.29) is 12.5 Å². The smallest absolute Gasteiger partial charge is 0.251 e. The van der Waals surface area contributed by atoms with Crippen molar-refractivity contribution in [1.82, 2.24) is 14.9 Å². The standard InChI is InChI=1S/C28H31N3O5/c1-19-9-7-10-21(15-19)36-14-8-13-31-23-12-6-5-11-22(23)30-26(31)18-29-28(32)20-16-24(33-2)27(35-4)25(17-20)34-3/h5-7,9-12,15-17H,8,13-14,18H2,1-4H3,(H,29,32). The Morgan fingerprint density at radius 1 is 0.944 bits per heavy atom. The van der Waals surface area contributed by atoms with Crippen LogP contribution in [0.15, 0.2) is 60.7 Å². The highest BCUT2D eigenvalue weighted by molar-refractivity contribution is 5.95. The number of hydrogen-bond acceptors (Lipinski definition) is 6. The fourth-order valence-corrected chi connectivity index (χ4v) is 4.10. The van der Waals surface area contributed by atoms with Gasteiger partial charge in [-0.05, 0) is 55.3 Å². The molecular weight excluding hydrogens is 458 g/mol. The molecule has 0 saturated carbocycles. The van der Waals surface area contributed by atoms with Gasteiger partial charge in [-0.1, -0.05) is 24.3 Å². The molecule has 0 spiro atoms. The van der Waals surface area contributed by atoms with E-state index in [0.29, 0.717) is 36.0 Å². The van der Waals surface area contributed by atoms with Crippen LogP contribution >= 0.6 is 0 Å². The SMILES string of the molecule is COc1cc(C(=O)NCc2nc3ccccc3n2CCCOc2cccc(C)c2)cc(OC)c1OC. The minimum absolute atomic E-state index is 0.267. The molecular formula is C28H31N3O5. The third-order valence-electron chi connectivity index (χ3n) is 5.85. The van der Waals surface area contributed by atoms with Gasteiger partial charge in [0.25, 0.3) is 5.91 Å². The predicted octanol–water partition coefficient (Wildman–Crippen LogP) is 4.77. The minimum atomic E-state index is -0.268. The van der Waals surface area contributed by atoms with E-state index in [1.807, 2.05) is 55.5 Å². The molecule has 1 N–H and O–H groups in total. The van der Waals surface area contributed by atoms with Crippen molar-refractivity contribution in [3.8, 4) is 23.0 Å². The average molecular weight is 490 g/mol. The molecule has 0 bridgehead atoms. The van der Waals surface area contributed by atoms with Gasteiger partial charge in [0.15, 0.2) is 11.5 Å². The van der Waals surface area contributed by atoms with Gasteiger partial charge in [0.1, 0.15) is 11.6 Å². The molecule has 8 nitrogen and oxygen atoms in total. The van der Waals surface area contributed by atoms with Crippen molar-refractivity contribution in [3.05, 3.63) is 77.6 Å². The second-order valence-corrected chi connectivity index (χ2v) is 8.28. The molecule has 0 atom stereocenters. The maximum absolute atomic E-state index is 13.0. The van der Waals surface area contributed by atoms with Crippen LogP contribution in [0, 0.1) is 6.92 Å². The van der Waals surface area contributed by atoms with Gasteiger partial charge in [-0.25, -0.2) is 4.98 Å². The quantitative estimate of drug-likeness (QED) is 0.306. The highest BCUT2D eigenvalue weighted by atomic mass is 16.5. The summed E-state index contributed by atoms with van der Waals surface area (Å²) in [7, 11) is 4.56. The highest BCUT2D eigenvalue weighted by Gasteiger charge is 2.18. The number of nitrogens with zero attached hydrogens (tertiary/aromatic N) is 2. The largest absolute Gasteiger partial charge is 0.494 e. The fraction of sp³-hybridized carbons (Fsp3) is 0.286. The van der Waals surface area contributed by atoms with Gasteiger partial charge in [0.05, 0.1) is 45.5 Å². The van der Waals surface area contributed by atoms with Gasteiger partial charge in [-0.2, -0.15) is 0 Å². The average Bonchev–Trinajstić information content (AvgIpc) is 3.26. The van der Waals surface area contributed by atoms with E-state index in [1.54, 1.807) is 12.1 Å². The lowest BCUT2D eigenvalue weighted by Crippen LogP contribution is -2.25. The number of aryl methyl sites for hydroxylation is 2. The Hall–Kier alpha value is -4.20. The van der Waals surface area contributed by atoms with Crippen molar-refractivity contribution in [2.24, 2.45) is 0 Å². The van der Waals surface area contributed by atoms with Gasteiger partial charge in [-0.3, -0.25) is 4.79 Å². The van der Waals surface area contributed by atoms with Crippen LogP contribution in [-0.4, -0.2) is 43.4 Å². The molecule has 0 aliphatic rings. The minimum Gasteiger partial charge on any atom is -0.494 e. The fourth-order valence-electron chi connectivity index (χ4n) is 4.10. The molecule has 0 aliphatic heterocycles. The summed E-state index contributed by atoms with van der Waals surface area (Å²) in [6, 6.07) is 19.2. The molecule has 0 radical (unpaired) electrons. The predicted molar refractivity (Wildman–Crippen MR) is 138 cm³/mol. The molecule has 0 unspecified atom stereocenters. The van der Waals surface area contributed by atoms with Crippen molar-refractivity contribution in [2.45, 2.75) is 26.4 Å². The molecule has 4 aromatic rings. The van der Waals surface area contributed by atoms with Crippen LogP contribution in [0.4, 0.5) is 0 Å². The summed E-state index contributed by atoms with van der Waals surface area (Å²) >= 11 is 0. The molecule has 36 heavy (non-hydrogen) atoms. The molecule has 3 aromatic carbocycles. The number of hydrogen-bond donors (Lipinski definition) is 1. The Labute approximate surface area is 210 Å². The number of aromatic nitrogens is 2. The topological polar surface area (TPSA) is 83.8 Å². The molecule has 1 aromatic heterocycles. The van der Waals surface area contributed by atoms with E-state index in [2.05, 4.69) is 9.88 Å². The normalized spacial score (nSPS) is 10.8. The summed E-state index contributed by atoms with van der Waals surface area (Å²) in [6.07, 6.45) is 0.794. The lowest BCUT2D eigenvalue weighted by atomic mass is 10.1. The zero-order chi connectivity index (χ0) is 25.5. The third kappa shape index (κ3) is 5.54. The van der Waals surface area contributed by atoms with Crippen molar-refractivity contribution in [1.29, 1.82) is 0 Å². The number of benzene rings is 3. The Bertz CT molecular complexity index is 1320. The van der Waals surface area contributed by atoms with Crippen molar-refractivity contribution in [2.75, 3.05) is 27.9 Å². The first kappa shape index (κ1) is 24.9. The first-order valence-electron chi connectivity index (χ1n) is 11.8. The lowest BCUT2D eigenvalue weighted by molar-refractivity contribution is 0.0948. The lowest BCUT2D eigenvalue weighted by Gasteiger charge is -2.14. The number of ether oxygens (including phenoxy) is 4. The third-order valence-corrected chi connectivity index (χ3v) is 5.85. The first-order chi connectivity index (χ1) is 17.5. The first-order valence-corrected chi connectivity index (χ1v) is 11.8. The summed E-state index contributed by atoms with van der Waals surface area (Å²) in [5.41, 5.74) is 3.47. The van der Waals surface area contributed by atoms with Crippen LogP contribution in [0.2, 0.25) is 0 Å². The van der Waals surface area contributed by atoms with Crippen LogP contribution in [0.5, 0.6) is 23.0 Å². The van der Waals surface area contributed by atoms with Crippen LogP contribution in [-0.2, 0) is 13.1 Å². The van der Waals surface area contributed by atoms with Gasteiger partial charge in [0, 0.05) is 12.1 Å². The number of carbonyl (C=O) groups is 1. The molecule has 0 fully saturated rings. The number of fused-ring (bicyclic) bond motifs is 1. The molecule has 4 rings (SSSR count). The van der Waals surface area contributed by atoms with E-state index < -0.39 is 0 Å². The van der Waals surface area contributed by atoms with E-state index in [9.17, 15) is 4.79 Å². The van der Waals surface area contributed by atoms with Gasteiger partial charge in [-0.15, -0.1) is 0 Å². The monoisotopic (exact) mass is 489 g/mol. The van der Waals surface area contributed by atoms with E-state index in [4.69, 9.17) is 23.9 Å². The number of methoxy groups -OCH3 is 3. The van der Waals surface area contributed by atoms with Crippen LogP contribution < -0.4 is 24.3 Å². The molecule has 0 aliphatic carbocycles. The number of imidazole rings is 1. The van der Waals surface area contributed by atoms with E-state index >= 15 is 0 Å². The van der Waals surface area contributed by atoms with Gasteiger partial charge >= 0.3 is 0 Å². The zero-order valence-corrected chi connectivity index (χ0v) is 21.0. The van der Waals surface area contributed by atoms with Gasteiger partial charge in [0.2, 0.25) is 5.75 Å². The van der Waals surface area contributed by atoms with E-state index in [0.717, 1.165) is 29.0 Å². The Morgan fingerprint density at radius 3 is 2.39 bits per heavy atom. The zero-order valence-electron chi connectivity index (χ0n) is 21.0. The molecule has 8 heteroatoms. The number of para-hydroxylation sites is 2. The summed E-state index contributed by atoms with van der Waals surface area (Å²) in [5.74, 6) is 2.64. The van der Waals surface area contributed by atoms with Gasteiger partial charge < -0.3 is 28.8 Å². The summed E-state index contributed by atoms with van der Waals surface area (Å²) in [4.78, 5) is 17.8. The maximum Gasteiger partial charge on any atom is 0.251 e. The Balaban J connectivity index is 1.47. The van der Waals surface area contributed by atoms with Crippen molar-refractivity contribution >= 4 is 16.9 Å². The maximum atomic E-state index is 13.0. The summed E-state index contributed by atoms with van der Waals surface area (Å²) in [5, 5.41) is 2.97. The second kappa shape index (κ2) is 11.5. The summed E-state index contributed by atoms with van der Waals surface area (Å²) < 4.78 is 24.1. The Morgan fingerprint density at radius 2 is 1.69 bits per heavy atom. The number of nitrogens with one attached hydrogen (secondary N) is 1. The van der Waals surface area contributed by atoms with Crippen molar-refractivity contribution < 1.29 is 23.7 Å². The van der Waals surface area contributed by atoms with E-state index in [1.165, 1.54) is 26.9 Å². The molecule has 1 heterocycles. The van der Waals surface area contributed by atoms with Crippen LogP contribution in [0.25, 0.3) is 11.0 Å². The number of amides is 1. The molecule has 188 valence electrons.